The number of allylic oxidation sites excluding steroid dienone is 2. The quantitative estimate of drug-likeness (QED) is 0.589. The summed E-state index contributed by atoms with van der Waals surface area (Å²) in [5.74, 6) is 0.372. The summed E-state index contributed by atoms with van der Waals surface area (Å²) in [5.41, 5.74) is 0. The van der Waals surface area contributed by atoms with Gasteiger partial charge >= 0.3 is 6.16 Å². The largest absolute Gasteiger partial charge is 0.533 e. The van der Waals surface area contributed by atoms with E-state index in [4.69, 9.17) is 9.57 Å². The second kappa shape index (κ2) is 6.77. The monoisotopic (exact) mass is 281 g/mol. The van der Waals surface area contributed by atoms with Crippen LogP contribution in [0.3, 0.4) is 0 Å². The molecule has 0 N–H and O–H groups in total. The summed E-state index contributed by atoms with van der Waals surface area (Å²) in [6.07, 6.45) is 8.27. The molecule has 0 radical (unpaired) electrons. The third kappa shape index (κ3) is 3.32. The first-order valence-electron chi connectivity index (χ1n) is 7.46. The van der Waals surface area contributed by atoms with E-state index in [0.717, 1.165) is 12.8 Å². The molecule has 20 heavy (non-hydrogen) atoms. The number of amides is 1. The van der Waals surface area contributed by atoms with Crippen molar-refractivity contribution in [2.45, 2.75) is 39.5 Å². The molecule has 1 fully saturated rings. The molecular formula is C15H23NO4. The minimum absolute atomic E-state index is 0.114. The predicted octanol–water partition coefficient (Wildman–Crippen LogP) is 2.92. The van der Waals surface area contributed by atoms with Crippen molar-refractivity contribution >= 4 is 12.1 Å². The maximum atomic E-state index is 12.2. The van der Waals surface area contributed by atoms with Gasteiger partial charge in [0.2, 0.25) is 0 Å². The average molecular weight is 281 g/mol. The molecule has 0 aromatic rings. The van der Waals surface area contributed by atoms with Crippen LogP contribution in [0.2, 0.25) is 0 Å². The third-order valence-electron chi connectivity index (χ3n) is 4.19. The van der Waals surface area contributed by atoms with Crippen molar-refractivity contribution in [1.29, 1.82) is 0 Å². The first-order valence-corrected chi connectivity index (χ1v) is 7.46. The van der Waals surface area contributed by atoms with Crippen LogP contribution >= 0.6 is 0 Å². The normalized spacial score (nSPS) is 30.2. The van der Waals surface area contributed by atoms with Gasteiger partial charge in [-0.3, -0.25) is 4.79 Å². The third-order valence-corrected chi connectivity index (χ3v) is 4.19. The fraction of sp³-hybridized carbons (Fsp3) is 0.733. The molecule has 0 spiro atoms. The zero-order valence-electron chi connectivity index (χ0n) is 12.2. The smallest absolute Gasteiger partial charge is 0.433 e. The zero-order chi connectivity index (χ0) is 14.5. The second-order valence-electron chi connectivity index (χ2n) is 5.50. The minimum Gasteiger partial charge on any atom is -0.433 e. The molecular weight excluding hydrogens is 258 g/mol. The molecule has 0 saturated carbocycles. The van der Waals surface area contributed by atoms with Crippen molar-refractivity contribution in [1.82, 2.24) is 5.06 Å². The van der Waals surface area contributed by atoms with Crippen molar-refractivity contribution in [2.24, 2.45) is 17.8 Å². The van der Waals surface area contributed by atoms with E-state index < -0.39 is 6.16 Å². The SMILES string of the molecule is CCOC(=O)ON1CC(C2C=CCCCC2)C(C)C1=O. The van der Waals surface area contributed by atoms with Crippen LogP contribution in [0.5, 0.6) is 0 Å². The van der Waals surface area contributed by atoms with Gasteiger partial charge in [0.05, 0.1) is 13.2 Å². The molecule has 112 valence electrons. The average Bonchev–Trinajstić information content (AvgIpc) is 2.65. The summed E-state index contributed by atoms with van der Waals surface area (Å²) in [6.45, 7) is 4.33. The van der Waals surface area contributed by atoms with Crippen LogP contribution in [0.1, 0.15) is 39.5 Å². The molecule has 1 amide bonds. The van der Waals surface area contributed by atoms with Crippen molar-refractivity contribution in [3.05, 3.63) is 12.2 Å². The second-order valence-corrected chi connectivity index (χ2v) is 5.50. The number of hydroxylamine groups is 2. The molecule has 1 aliphatic carbocycles. The van der Waals surface area contributed by atoms with Crippen molar-refractivity contribution in [3.63, 3.8) is 0 Å². The van der Waals surface area contributed by atoms with E-state index >= 15 is 0 Å². The summed E-state index contributed by atoms with van der Waals surface area (Å²) in [5, 5.41) is 1.17. The number of hydrogen-bond donors (Lipinski definition) is 0. The van der Waals surface area contributed by atoms with E-state index in [9.17, 15) is 9.59 Å². The fourth-order valence-electron chi connectivity index (χ4n) is 3.04. The summed E-state index contributed by atoms with van der Waals surface area (Å²) in [7, 11) is 0. The van der Waals surface area contributed by atoms with E-state index in [1.807, 2.05) is 6.92 Å². The van der Waals surface area contributed by atoms with Crippen LogP contribution in [0, 0.1) is 17.8 Å². The molecule has 3 atom stereocenters. The molecule has 0 aromatic heterocycles. The summed E-state index contributed by atoms with van der Waals surface area (Å²) in [4.78, 5) is 28.5. The molecule has 0 bridgehead atoms. The lowest BCUT2D eigenvalue weighted by molar-refractivity contribution is -0.166. The van der Waals surface area contributed by atoms with Gasteiger partial charge in [-0.25, -0.2) is 4.79 Å². The maximum absolute atomic E-state index is 12.2. The van der Waals surface area contributed by atoms with E-state index in [2.05, 4.69) is 12.2 Å². The molecule has 1 saturated heterocycles. The summed E-state index contributed by atoms with van der Waals surface area (Å²) >= 11 is 0. The minimum atomic E-state index is -0.801. The maximum Gasteiger partial charge on any atom is 0.533 e. The van der Waals surface area contributed by atoms with Crippen LogP contribution in [-0.4, -0.2) is 30.3 Å². The molecule has 5 heteroatoms. The van der Waals surface area contributed by atoms with Gasteiger partial charge in [-0.1, -0.05) is 25.5 Å². The van der Waals surface area contributed by atoms with Crippen LogP contribution in [-0.2, 0) is 14.4 Å². The number of nitrogens with zero attached hydrogens (tertiary/aromatic N) is 1. The molecule has 1 heterocycles. The fourth-order valence-corrected chi connectivity index (χ4v) is 3.04. The standard InChI is InChI=1S/C15H23NO4/c1-3-19-15(18)20-16-10-13(11(2)14(16)17)12-8-6-4-5-7-9-12/h6,8,11-13H,3-5,7,9-10H2,1-2H3. The van der Waals surface area contributed by atoms with E-state index in [1.54, 1.807) is 6.92 Å². The van der Waals surface area contributed by atoms with Crippen molar-refractivity contribution < 1.29 is 19.2 Å². The summed E-state index contributed by atoms with van der Waals surface area (Å²) in [6, 6.07) is 0. The van der Waals surface area contributed by atoms with E-state index in [0.29, 0.717) is 12.5 Å². The number of rotatable bonds is 3. The number of ether oxygens (including phenoxy) is 1. The molecule has 1 aliphatic heterocycles. The number of carbonyl (C=O) groups is 2. The lowest BCUT2D eigenvalue weighted by atomic mass is 9.82. The molecule has 0 aromatic carbocycles. The van der Waals surface area contributed by atoms with Crippen LogP contribution in [0.4, 0.5) is 4.79 Å². The molecule has 5 nitrogen and oxygen atoms in total. The van der Waals surface area contributed by atoms with E-state index in [-0.39, 0.29) is 24.3 Å². The van der Waals surface area contributed by atoms with E-state index in [1.165, 1.54) is 17.9 Å². The Kier molecular flexibility index (Phi) is 5.04. The van der Waals surface area contributed by atoms with Crippen LogP contribution in [0.25, 0.3) is 0 Å². The Hall–Kier alpha value is -1.52. The molecule has 3 unspecified atom stereocenters. The van der Waals surface area contributed by atoms with Gasteiger partial charge in [-0.2, -0.15) is 5.06 Å². The highest BCUT2D eigenvalue weighted by atomic mass is 16.8. The Morgan fingerprint density at radius 3 is 3.00 bits per heavy atom. The zero-order valence-corrected chi connectivity index (χ0v) is 12.2. The highest BCUT2D eigenvalue weighted by molar-refractivity contribution is 5.81. The van der Waals surface area contributed by atoms with Crippen LogP contribution in [0.15, 0.2) is 12.2 Å². The van der Waals surface area contributed by atoms with Gasteiger partial charge in [0, 0.05) is 5.92 Å². The lowest BCUT2D eigenvalue weighted by Gasteiger charge is -2.21. The number of hydrogen-bond acceptors (Lipinski definition) is 4. The topological polar surface area (TPSA) is 55.8 Å². The number of carbonyl (C=O) groups excluding carboxylic acids is 2. The summed E-state index contributed by atoms with van der Waals surface area (Å²) < 4.78 is 4.72. The Labute approximate surface area is 119 Å². The predicted molar refractivity (Wildman–Crippen MR) is 73.6 cm³/mol. The highest BCUT2D eigenvalue weighted by Crippen LogP contribution is 2.35. The van der Waals surface area contributed by atoms with Gasteiger partial charge < -0.3 is 9.57 Å². The van der Waals surface area contributed by atoms with Gasteiger partial charge in [0.1, 0.15) is 0 Å². The van der Waals surface area contributed by atoms with Crippen LogP contribution < -0.4 is 0 Å². The Bertz CT molecular complexity index is 393. The van der Waals surface area contributed by atoms with Gasteiger partial charge in [0.15, 0.2) is 0 Å². The lowest BCUT2D eigenvalue weighted by Crippen LogP contribution is -2.30. The van der Waals surface area contributed by atoms with Gasteiger partial charge in [0.25, 0.3) is 5.91 Å². The molecule has 2 aliphatic rings. The first-order chi connectivity index (χ1) is 9.63. The first kappa shape index (κ1) is 14.9. The molecule has 2 rings (SSSR count). The van der Waals surface area contributed by atoms with Crippen molar-refractivity contribution in [2.75, 3.05) is 13.2 Å². The van der Waals surface area contributed by atoms with Crippen molar-refractivity contribution in [3.8, 4) is 0 Å². The highest BCUT2D eigenvalue weighted by Gasteiger charge is 2.42. The Balaban J connectivity index is 1.98. The van der Waals surface area contributed by atoms with Gasteiger partial charge in [-0.05, 0) is 38.0 Å². The Morgan fingerprint density at radius 1 is 1.45 bits per heavy atom. The van der Waals surface area contributed by atoms with Gasteiger partial charge in [-0.15, -0.1) is 0 Å². The Morgan fingerprint density at radius 2 is 2.25 bits per heavy atom.